The molecule has 2 nitrogen and oxygen atoms in total. The van der Waals surface area contributed by atoms with Gasteiger partial charge in [0, 0.05) is 17.4 Å². The second kappa shape index (κ2) is 6.97. The highest BCUT2D eigenvalue weighted by molar-refractivity contribution is 8.13. The predicted molar refractivity (Wildman–Crippen MR) is 87.9 cm³/mol. The van der Waals surface area contributed by atoms with Gasteiger partial charge < -0.3 is 4.74 Å². The Kier molecular flexibility index (Phi) is 5.24. The van der Waals surface area contributed by atoms with E-state index in [1.165, 1.54) is 18.6 Å². The number of carbonyl (C=O) groups is 1. The summed E-state index contributed by atoms with van der Waals surface area (Å²) in [5.41, 5.74) is 3.76. The number of aryl methyl sites for hydroxylation is 3. The number of thioether (sulfide) groups is 1. The lowest BCUT2D eigenvalue weighted by Gasteiger charge is -2.14. The van der Waals surface area contributed by atoms with Gasteiger partial charge in [0.15, 0.2) is 5.12 Å². The second-order valence-electron chi connectivity index (χ2n) is 5.30. The number of rotatable bonds is 4. The van der Waals surface area contributed by atoms with Crippen LogP contribution < -0.4 is 4.74 Å². The molecule has 0 heterocycles. The zero-order valence-corrected chi connectivity index (χ0v) is 14.0. The van der Waals surface area contributed by atoms with Crippen LogP contribution in [0.1, 0.15) is 29.2 Å². The van der Waals surface area contributed by atoms with Gasteiger partial charge in [0.05, 0.1) is 0 Å². The summed E-state index contributed by atoms with van der Waals surface area (Å²) >= 11 is 1.03. The highest BCUT2D eigenvalue weighted by atomic mass is 32.2. The van der Waals surface area contributed by atoms with Crippen LogP contribution in [0.4, 0.5) is 4.39 Å². The van der Waals surface area contributed by atoms with Crippen molar-refractivity contribution >= 4 is 16.9 Å². The van der Waals surface area contributed by atoms with Crippen molar-refractivity contribution in [3.8, 4) is 5.75 Å². The summed E-state index contributed by atoms with van der Waals surface area (Å²) in [6.45, 7) is 7.60. The summed E-state index contributed by atoms with van der Waals surface area (Å²) in [6, 6.07) is 8.74. The second-order valence-corrected chi connectivity index (χ2v) is 6.52. The van der Waals surface area contributed by atoms with Crippen LogP contribution in [0.15, 0.2) is 35.2 Å². The Bertz CT molecular complexity index is 710. The van der Waals surface area contributed by atoms with Crippen molar-refractivity contribution in [3.63, 3.8) is 0 Å². The van der Waals surface area contributed by atoms with E-state index >= 15 is 0 Å². The van der Waals surface area contributed by atoms with Crippen LogP contribution in [0.3, 0.4) is 0 Å². The molecule has 0 saturated carbocycles. The van der Waals surface area contributed by atoms with Crippen LogP contribution in [0.2, 0.25) is 0 Å². The molecule has 2 rings (SSSR count). The summed E-state index contributed by atoms with van der Waals surface area (Å²) in [5, 5.41) is -0.0748. The predicted octanol–water partition coefficient (Wildman–Crippen LogP) is 4.97. The Hall–Kier alpha value is -1.81. The summed E-state index contributed by atoms with van der Waals surface area (Å²) < 4.78 is 19.8. The summed E-state index contributed by atoms with van der Waals surface area (Å²) in [6.07, 6.45) is 0. The molecule has 0 atom stereocenters. The fraction of sp³-hybridized carbons (Fsp3) is 0.278. The smallest absolute Gasteiger partial charge is 0.190 e. The van der Waals surface area contributed by atoms with Gasteiger partial charge in [-0.1, -0.05) is 23.9 Å². The van der Waals surface area contributed by atoms with Crippen molar-refractivity contribution in [3.05, 3.63) is 58.4 Å². The third-order valence-corrected chi connectivity index (χ3v) is 4.38. The van der Waals surface area contributed by atoms with Crippen LogP contribution in [0.25, 0.3) is 0 Å². The van der Waals surface area contributed by atoms with E-state index in [0.717, 1.165) is 28.6 Å². The molecule has 116 valence electrons. The molecular weight excluding hydrogens is 299 g/mol. The molecule has 0 saturated heterocycles. The van der Waals surface area contributed by atoms with Gasteiger partial charge in [-0.05, 0) is 55.7 Å². The van der Waals surface area contributed by atoms with E-state index in [4.69, 9.17) is 4.74 Å². The summed E-state index contributed by atoms with van der Waals surface area (Å²) in [4.78, 5) is 11.9. The van der Waals surface area contributed by atoms with Crippen LogP contribution >= 0.6 is 11.8 Å². The summed E-state index contributed by atoms with van der Waals surface area (Å²) in [7, 11) is 0. The SMILES string of the molecule is CC(=O)Sc1cccc(F)c1COc1cc(C)c(C)cc1C. The highest BCUT2D eigenvalue weighted by Gasteiger charge is 2.12. The van der Waals surface area contributed by atoms with Gasteiger partial charge in [-0.25, -0.2) is 4.39 Å². The van der Waals surface area contributed by atoms with Crippen molar-refractivity contribution in [1.82, 2.24) is 0 Å². The zero-order chi connectivity index (χ0) is 16.3. The first-order chi connectivity index (χ1) is 10.4. The van der Waals surface area contributed by atoms with E-state index in [9.17, 15) is 9.18 Å². The Morgan fingerprint density at radius 2 is 1.82 bits per heavy atom. The number of carbonyl (C=O) groups excluding carboxylic acids is 1. The molecule has 0 aliphatic heterocycles. The van der Waals surface area contributed by atoms with Gasteiger partial charge in [0.25, 0.3) is 0 Å². The van der Waals surface area contributed by atoms with E-state index in [1.807, 2.05) is 26.8 Å². The van der Waals surface area contributed by atoms with E-state index < -0.39 is 0 Å². The standard InChI is InChI=1S/C18H19FO2S/c1-11-8-13(3)17(9-12(11)2)21-10-15-16(19)6-5-7-18(15)22-14(4)20/h5-9H,10H2,1-4H3. The van der Waals surface area contributed by atoms with Crippen molar-refractivity contribution in [2.45, 2.75) is 39.2 Å². The fourth-order valence-corrected chi connectivity index (χ4v) is 2.90. The summed E-state index contributed by atoms with van der Waals surface area (Å²) in [5.74, 6) is 0.387. The van der Waals surface area contributed by atoms with Crippen molar-refractivity contribution in [2.75, 3.05) is 0 Å². The largest absolute Gasteiger partial charge is 0.488 e. The van der Waals surface area contributed by atoms with Gasteiger partial charge in [-0.15, -0.1) is 0 Å². The monoisotopic (exact) mass is 318 g/mol. The maximum absolute atomic E-state index is 14.0. The molecule has 4 heteroatoms. The molecule has 22 heavy (non-hydrogen) atoms. The maximum Gasteiger partial charge on any atom is 0.190 e. The molecule has 0 aliphatic rings. The molecule has 0 spiro atoms. The van der Waals surface area contributed by atoms with Gasteiger partial charge in [0.1, 0.15) is 18.2 Å². The van der Waals surface area contributed by atoms with Gasteiger partial charge >= 0.3 is 0 Å². The quantitative estimate of drug-likeness (QED) is 0.745. The molecule has 0 fully saturated rings. The molecule has 0 amide bonds. The zero-order valence-electron chi connectivity index (χ0n) is 13.2. The number of ether oxygens (including phenoxy) is 1. The van der Waals surface area contributed by atoms with Crippen LogP contribution in [0, 0.1) is 26.6 Å². The van der Waals surface area contributed by atoms with Gasteiger partial charge in [-0.3, -0.25) is 4.79 Å². The first-order valence-corrected chi connectivity index (χ1v) is 7.86. The topological polar surface area (TPSA) is 26.3 Å². The number of hydrogen-bond acceptors (Lipinski definition) is 3. The molecular formula is C18H19FO2S. The molecule has 0 aliphatic carbocycles. The number of hydrogen-bond donors (Lipinski definition) is 0. The Labute approximate surface area is 134 Å². The normalized spacial score (nSPS) is 10.6. The van der Waals surface area contributed by atoms with E-state index in [2.05, 4.69) is 6.07 Å². The molecule has 0 radical (unpaired) electrons. The molecule has 0 N–H and O–H groups in total. The fourth-order valence-electron chi connectivity index (χ4n) is 2.17. The van der Waals surface area contributed by atoms with E-state index in [0.29, 0.717) is 10.5 Å². The molecule has 2 aromatic rings. The van der Waals surface area contributed by atoms with Crippen LogP contribution in [0.5, 0.6) is 5.75 Å². The third kappa shape index (κ3) is 3.89. The van der Waals surface area contributed by atoms with Crippen molar-refractivity contribution in [2.24, 2.45) is 0 Å². The Morgan fingerprint density at radius 3 is 2.50 bits per heavy atom. The first kappa shape index (κ1) is 16.6. The van der Waals surface area contributed by atoms with E-state index in [1.54, 1.807) is 12.1 Å². The van der Waals surface area contributed by atoms with Crippen LogP contribution in [-0.4, -0.2) is 5.12 Å². The number of benzene rings is 2. The molecule has 0 aromatic heterocycles. The molecule has 0 bridgehead atoms. The lowest BCUT2D eigenvalue weighted by Crippen LogP contribution is -2.03. The minimum Gasteiger partial charge on any atom is -0.488 e. The third-order valence-electron chi connectivity index (χ3n) is 3.49. The van der Waals surface area contributed by atoms with Crippen LogP contribution in [-0.2, 0) is 11.4 Å². The van der Waals surface area contributed by atoms with Gasteiger partial charge in [-0.2, -0.15) is 0 Å². The van der Waals surface area contributed by atoms with Crippen molar-refractivity contribution in [1.29, 1.82) is 0 Å². The number of halogens is 1. The lowest BCUT2D eigenvalue weighted by molar-refractivity contribution is -0.109. The lowest BCUT2D eigenvalue weighted by atomic mass is 10.1. The minimum atomic E-state index is -0.354. The minimum absolute atomic E-state index is 0.0748. The van der Waals surface area contributed by atoms with E-state index in [-0.39, 0.29) is 17.5 Å². The Balaban J connectivity index is 2.25. The van der Waals surface area contributed by atoms with Crippen molar-refractivity contribution < 1.29 is 13.9 Å². The molecule has 2 aromatic carbocycles. The molecule has 0 unspecified atom stereocenters. The maximum atomic E-state index is 14.0. The average Bonchev–Trinajstić information content (AvgIpc) is 2.43. The Morgan fingerprint density at radius 1 is 1.14 bits per heavy atom. The average molecular weight is 318 g/mol. The first-order valence-electron chi connectivity index (χ1n) is 7.05. The highest BCUT2D eigenvalue weighted by Crippen LogP contribution is 2.28. The van der Waals surface area contributed by atoms with Gasteiger partial charge in [0.2, 0.25) is 0 Å².